The van der Waals surface area contributed by atoms with Crippen molar-refractivity contribution in [3.63, 3.8) is 0 Å². The normalized spacial score (nSPS) is 10.3. The lowest BCUT2D eigenvalue weighted by Gasteiger charge is -2.18. The van der Waals surface area contributed by atoms with E-state index in [0.29, 0.717) is 18.8 Å². The van der Waals surface area contributed by atoms with Crippen LogP contribution < -0.4 is 10.1 Å². The van der Waals surface area contributed by atoms with Gasteiger partial charge in [-0.1, -0.05) is 12.1 Å². The highest BCUT2D eigenvalue weighted by Gasteiger charge is 2.13. The number of aromatic nitrogens is 1. The first kappa shape index (κ1) is 17.8. The highest BCUT2D eigenvalue weighted by Crippen LogP contribution is 2.14. The van der Waals surface area contributed by atoms with Crippen molar-refractivity contribution in [1.29, 1.82) is 0 Å². The van der Waals surface area contributed by atoms with E-state index >= 15 is 0 Å². The average molecular weight is 327 g/mol. The second-order valence-electron chi connectivity index (χ2n) is 5.44. The Morgan fingerprint density at radius 3 is 2.71 bits per heavy atom. The van der Waals surface area contributed by atoms with Gasteiger partial charge in [-0.15, -0.1) is 0 Å². The Bertz CT molecular complexity index is 669. The highest BCUT2D eigenvalue weighted by atomic mass is 16.5. The van der Waals surface area contributed by atoms with Crippen LogP contribution in [0, 0.1) is 0 Å². The summed E-state index contributed by atoms with van der Waals surface area (Å²) in [5.74, 6) is 0.833. The maximum Gasteiger partial charge on any atom is 0.272 e. The molecule has 5 heteroatoms. The van der Waals surface area contributed by atoms with Gasteiger partial charge in [0.15, 0.2) is 0 Å². The summed E-state index contributed by atoms with van der Waals surface area (Å²) in [5.41, 5.74) is 2.59. The molecule has 0 bridgehead atoms. The van der Waals surface area contributed by atoms with Gasteiger partial charge in [0.1, 0.15) is 11.4 Å². The van der Waals surface area contributed by atoms with E-state index in [1.54, 1.807) is 18.2 Å². The van der Waals surface area contributed by atoms with Crippen molar-refractivity contribution >= 4 is 11.6 Å². The third kappa shape index (κ3) is 4.72. The van der Waals surface area contributed by atoms with Crippen LogP contribution in [0.2, 0.25) is 0 Å². The minimum absolute atomic E-state index is 0.0311. The molecule has 1 aromatic heterocycles. The molecule has 2 rings (SSSR count). The van der Waals surface area contributed by atoms with Crippen LogP contribution in [-0.4, -0.2) is 42.5 Å². The Labute approximate surface area is 143 Å². The molecule has 128 valence electrons. The number of hydrogen-bond acceptors (Lipinski definition) is 4. The summed E-state index contributed by atoms with van der Waals surface area (Å²) in [6.07, 6.45) is 2.55. The standard InChI is InChI=1S/C19H25N3O2/c1-4-22(5-2)19(23)18-14-16(10-12-21-18)20-11-9-15-7-6-8-17(13-15)24-3/h6-8,10,12-14H,4-5,9,11H2,1-3H3,(H,20,21). The maximum atomic E-state index is 12.3. The zero-order chi connectivity index (χ0) is 17.4. The first-order valence-corrected chi connectivity index (χ1v) is 8.30. The van der Waals surface area contributed by atoms with Crippen LogP contribution in [0.5, 0.6) is 5.75 Å². The van der Waals surface area contributed by atoms with Crippen LogP contribution in [0.3, 0.4) is 0 Å². The zero-order valence-electron chi connectivity index (χ0n) is 14.6. The molecule has 0 aliphatic carbocycles. The first-order valence-electron chi connectivity index (χ1n) is 8.30. The molecule has 1 amide bonds. The van der Waals surface area contributed by atoms with Crippen molar-refractivity contribution in [1.82, 2.24) is 9.88 Å². The largest absolute Gasteiger partial charge is 0.497 e. The molecule has 0 saturated carbocycles. The number of rotatable bonds is 8. The van der Waals surface area contributed by atoms with Crippen LogP contribution in [-0.2, 0) is 6.42 Å². The molecular weight excluding hydrogens is 302 g/mol. The number of carbonyl (C=O) groups excluding carboxylic acids is 1. The van der Waals surface area contributed by atoms with Gasteiger partial charge in [0, 0.05) is 31.5 Å². The van der Waals surface area contributed by atoms with E-state index in [2.05, 4.69) is 16.4 Å². The van der Waals surface area contributed by atoms with E-state index in [4.69, 9.17) is 4.74 Å². The van der Waals surface area contributed by atoms with Crippen molar-refractivity contribution in [2.45, 2.75) is 20.3 Å². The van der Waals surface area contributed by atoms with Gasteiger partial charge in [0.05, 0.1) is 7.11 Å². The van der Waals surface area contributed by atoms with Crippen LogP contribution in [0.25, 0.3) is 0 Å². The molecule has 5 nitrogen and oxygen atoms in total. The molecule has 24 heavy (non-hydrogen) atoms. The Hall–Kier alpha value is -2.56. The van der Waals surface area contributed by atoms with E-state index in [-0.39, 0.29) is 5.91 Å². The van der Waals surface area contributed by atoms with E-state index in [0.717, 1.165) is 24.4 Å². The second kappa shape index (κ2) is 8.91. The first-order chi connectivity index (χ1) is 11.7. The lowest BCUT2D eigenvalue weighted by atomic mass is 10.1. The van der Waals surface area contributed by atoms with Gasteiger partial charge < -0.3 is 15.0 Å². The van der Waals surface area contributed by atoms with Crippen LogP contribution in [0.15, 0.2) is 42.6 Å². The van der Waals surface area contributed by atoms with Gasteiger partial charge in [-0.25, -0.2) is 0 Å². The molecule has 0 unspecified atom stereocenters. The minimum Gasteiger partial charge on any atom is -0.497 e. The van der Waals surface area contributed by atoms with E-state index in [9.17, 15) is 4.79 Å². The number of carbonyl (C=O) groups is 1. The predicted octanol–water partition coefficient (Wildman–Crippen LogP) is 3.23. The van der Waals surface area contributed by atoms with E-state index < -0.39 is 0 Å². The summed E-state index contributed by atoms with van der Waals surface area (Å²) in [5, 5.41) is 3.35. The molecule has 0 saturated heterocycles. The average Bonchev–Trinajstić information content (AvgIpc) is 2.63. The monoisotopic (exact) mass is 327 g/mol. The van der Waals surface area contributed by atoms with Crippen molar-refractivity contribution in [3.8, 4) is 5.75 Å². The van der Waals surface area contributed by atoms with Gasteiger partial charge in [-0.05, 0) is 50.1 Å². The second-order valence-corrected chi connectivity index (χ2v) is 5.44. The summed E-state index contributed by atoms with van der Waals surface area (Å²) in [4.78, 5) is 18.3. The van der Waals surface area contributed by atoms with E-state index in [1.807, 2.05) is 44.2 Å². The lowest BCUT2D eigenvalue weighted by molar-refractivity contribution is 0.0767. The number of anilines is 1. The van der Waals surface area contributed by atoms with E-state index in [1.165, 1.54) is 5.56 Å². The molecule has 1 heterocycles. The minimum atomic E-state index is -0.0311. The topological polar surface area (TPSA) is 54.5 Å². The summed E-state index contributed by atoms with van der Waals surface area (Å²) in [6, 6.07) is 11.7. The molecule has 0 atom stereocenters. The van der Waals surface area contributed by atoms with Crippen molar-refractivity contribution in [3.05, 3.63) is 53.9 Å². The molecular formula is C19H25N3O2. The Morgan fingerprint density at radius 2 is 2.00 bits per heavy atom. The maximum absolute atomic E-state index is 12.3. The summed E-state index contributed by atoms with van der Waals surface area (Å²) in [7, 11) is 1.67. The third-order valence-electron chi connectivity index (χ3n) is 3.91. The lowest BCUT2D eigenvalue weighted by Crippen LogP contribution is -2.31. The molecule has 0 spiro atoms. The van der Waals surface area contributed by atoms with Crippen LogP contribution in [0.1, 0.15) is 29.9 Å². The van der Waals surface area contributed by atoms with Crippen LogP contribution >= 0.6 is 0 Å². The smallest absolute Gasteiger partial charge is 0.272 e. The third-order valence-corrected chi connectivity index (χ3v) is 3.91. The van der Waals surface area contributed by atoms with Gasteiger partial charge in [-0.2, -0.15) is 0 Å². The van der Waals surface area contributed by atoms with Gasteiger partial charge in [0.25, 0.3) is 5.91 Å². The number of nitrogens with zero attached hydrogens (tertiary/aromatic N) is 2. The molecule has 0 aliphatic rings. The number of amides is 1. The van der Waals surface area contributed by atoms with Gasteiger partial charge in [0.2, 0.25) is 0 Å². The van der Waals surface area contributed by atoms with Crippen LogP contribution in [0.4, 0.5) is 5.69 Å². The molecule has 0 radical (unpaired) electrons. The summed E-state index contributed by atoms with van der Waals surface area (Å²) in [6.45, 7) is 6.08. The van der Waals surface area contributed by atoms with Crippen molar-refractivity contribution < 1.29 is 9.53 Å². The number of nitrogens with one attached hydrogen (secondary N) is 1. The zero-order valence-corrected chi connectivity index (χ0v) is 14.6. The number of methoxy groups -OCH3 is 1. The fraction of sp³-hybridized carbons (Fsp3) is 0.368. The Balaban J connectivity index is 1.95. The fourth-order valence-electron chi connectivity index (χ4n) is 2.51. The highest BCUT2D eigenvalue weighted by molar-refractivity contribution is 5.93. The molecule has 0 aliphatic heterocycles. The Morgan fingerprint density at radius 1 is 1.21 bits per heavy atom. The number of hydrogen-bond donors (Lipinski definition) is 1. The fourth-order valence-corrected chi connectivity index (χ4v) is 2.51. The number of ether oxygens (including phenoxy) is 1. The molecule has 0 fully saturated rings. The van der Waals surface area contributed by atoms with Gasteiger partial charge >= 0.3 is 0 Å². The quantitative estimate of drug-likeness (QED) is 0.809. The summed E-state index contributed by atoms with van der Waals surface area (Å²) >= 11 is 0. The number of pyridine rings is 1. The van der Waals surface area contributed by atoms with Crippen molar-refractivity contribution in [2.24, 2.45) is 0 Å². The SMILES string of the molecule is CCN(CC)C(=O)c1cc(NCCc2cccc(OC)c2)ccn1. The van der Waals surface area contributed by atoms with Crippen molar-refractivity contribution in [2.75, 3.05) is 32.1 Å². The Kier molecular flexibility index (Phi) is 6.61. The summed E-state index contributed by atoms with van der Waals surface area (Å²) < 4.78 is 5.23. The molecule has 1 N–H and O–H groups in total. The number of benzene rings is 1. The predicted molar refractivity (Wildman–Crippen MR) is 96.7 cm³/mol. The molecule has 1 aromatic carbocycles. The van der Waals surface area contributed by atoms with Gasteiger partial charge in [-0.3, -0.25) is 9.78 Å². The molecule has 2 aromatic rings.